The molecule has 0 spiro atoms. The number of piperidine rings is 1. The molecule has 0 unspecified atom stereocenters. The molecule has 1 heterocycles. The second-order valence-corrected chi connectivity index (χ2v) is 5.23. The number of rotatable bonds is 2. The molecule has 16 heavy (non-hydrogen) atoms. The van der Waals surface area contributed by atoms with Gasteiger partial charge in [-0.05, 0) is 45.2 Å². The van der Waals surface area contributed by atoms with Crippen LogP contribution < -0.4 is 10.6 Å². The fourth-order valence-corrected chi connectivity index (χ4v) is 2.81. The molecule has 2 rings (SSSR count). The summed E-state index contributed by atoms with van der Waals surface area (Å²) < 4.78 is 0. The number of hydrogen-bond donors (Lipinski definition) is 2. The van der Waals surface area contributed by atoms with Gasteiger partial charge in [-0.3, -0.25) is 0 Å². The van der Waals surface area contributed by atoms with Crippen LogP contribution in [0.2, 0.25) is 0 Å². The SMILES string of the molecule is C[C@H]1CCC[C@H](C)[NH+]1Cc1ccc(N)cc1. The van der Waals surface area contributed by atoms with Gasteiger partial charge in [-0.25, -0.2) is 0 Å². The van der Waals surface area contributed by atoms with Crippen LogP contribution in [0.5, 0.6) is 0 Å². The van der Waals surface area contributed by atoms with Crippen LogP contribution in [-0.2, 0) is 6.54 Å². The van der Waals surface area contributed by atoms with E-state index >= 15 is 0 Å². The van der Waals surface area contributed by atoms with E-state index in [9.17, 15) is 0 Å². The van der Waals surface area contributed by atoms with Crippen LogP contribution >= 0.6 is 0 Å². The maximum absolute atomic E-state index is 5.71. The minimum Gasteiger partial charge on any atom is -0.399 e. The van der Waals surface area contributed by atoms with Crippen molar-refractivity contribution < 1.29 is 4.90 Å². The van der Waals surface area contributed by atoms with E-state index in [1.807, 2.05) is 12.1 Å². The molecule has 1 aromatic carbocycles. The molecular weight excluding hydrogens is 196 g/mol. The standard InChI is InChI=1S/C14H22N2/c1-11-4-3-5-12(2)16(11)10-13-6-8-14(15)9-7-13/h6-9,11-12H,3-5,10,15H2,1-2H3/p+1/t11-,12-/m0/s1. The van der Waals surface area contributed by atoms with Gasteiger partial charge in [0.05, 0.1) is 12.1 Å². The Hall–Kier alpha value is -1.02. The van der Waals surface area contributed by atoms with E-state index in [-0.39, 0.29) is 0 Å². The van der Waals surface area contributed by atoms with E-state index in [1.54, 1.807) is 4.90 Å². The van der Waals surface area contributed by atoms with Gasteiger partial charge in [-0.15, -0.1) is 0 Å². The van der Waals surface area contributed by atoms with Crippen molar-refractivity contribution >= 4 is 5.69 Å². The monoisotopic (exact) mass is 219 g/mol. The van der Waals surface area contributed by atoms with E-state index in [0.717, 1.165) is 24.3 Å². The fourth-order valence-electron chi connectivity index (χ4n) is 2.81. The van der Waals surface area contributed by atoms with Crippen LogP contribution in [0.4, 0.5) is 5.69 Å². The normalized spacial score (nSPS) is 26.9. The minimum atomic E-state index is 0.793. The van der Waals surface area contributed by atoms with Crippen molar-refractivity contribution in [3.05, 3.63) is 29.8 Å². The minimum absolute atomic E-state index is 0.793. The van der Waals surface area contributed by atoms with E-state index in [1.165, 1.54) is 24.8 Å². The maximum atomic E-state index is 5.71. The highest BCUT2D eigenvalue weighted by atomic mass is 15.2. The molecule has 1 aliphatic rings. The van der Waals surface area contributed by atoms with Gasteiger partial charge in [0, 0.05) is 11.3 Å². The topological polar surface area (TPSA) is 30.5 Å². The van der Waals surface area contributed by atoms with Gasteiger partial charge < -0.3 is 10.6 Å². The van der Waals surface area contributed by atoms with Crippen LogP contribution in [0.1, 0.15) is 38.7 Å². The summed E-state index contributed by atoms with van der Waals surface area (Å²) in [5.74, 6) is 0. The summed E-state index contributed by atoms with van der Waals surface area (Å²) >= 11 is 0. The highest BCUT2D eigenvalue weighted by molar-refractivity contribution is 5.38. The third kappa shape index (κ3) is 2.56. The number of benzene rings is 1. The lowest BCUT2D eigenvalue weighted by molar-refractivity contribution is -0.964. The Morgan fingerprint density at radius 2 is 1.69 bits per heavy atom. The Morgan fingerprint density at radius 3 is 2.25 bits per heavy atom. The van der Waals surface area contributed by atoms with E-state index in [4.69, 9.17) is 5.73 Å². The van der Waals surface area contributed by atoms with Crippen molar-refractivity contribution in [1.29, 1.82) is 0 Å². The third-order valence-corrected chi connectivity index (χ3v) is 3.93. The number of hydrogen-bond acceptors (Lipinski definition) is 1. The Labute approximate surface area is 98.4 Å². The first-order chi connectivity index (χ1) is 7.66. The predicted molar refractivity (Wildman–Crippen MR) is 68.3 cm³/mol. The fraction of sp³-hybridized carbons (Fsp3) is 0.571. The van der Waals surface area contributed by atoms with Crippen LogP contribution in [0.15, 0.2) is 24.3 Å². The van der Waals surface area contributed by atoms with Crippen LogP contribution in [-0.4, -0.2) is 12.1 Å². The number of quaternary nitrogens is 1. The molecule has 0 bridgehead atoms. The van der Waals surface area contributed by atoms with Gasteiger partial charge >= 0.3 is 0 Å². The van der Waals surface area contributed by atoms with Crippen LogP contribution in [0, 0.1) is 0 Å². The number of nitrogen functional groups attached to an aromatic ring is 1. The summed E-state index contributed by atoms with van der Waals surface area (Å²) in [5, 5.41) is 0. The third-order valence-electron chi connectivity index (χ3n) is 3.93. The van der Waals surface area contributed by atoms with Crippen molar-refractivity contribution in [2.45, 2.75) is 51.7 Å². The zero-order valence-corrected chi connectivity index (χ0v) is 10.4. The van der Waals surface area contributed by atoms with Gasteiger partial charge in [0.1, 0.15) is 6.54 Å². The second-order valence-electron chi connectivity index (χ2n) is 5.23. The number of nitrogens with two attached hydrogens (primary N) is 1. The summed E-state index contributed by atoms with van der Waals surface area (Å²) in [6, 6.07) is 9.93. The van der Waals surface area contributed by atoms with Crippen molar-refractivity contribution in [2.24, 2.45) is 0 Å². The summed E-state index contributed by atoms with van der Waals surface area (Å²) in [4.78, 5) is 1.73. The molecule has 1 aliphatic heterocycles. The van der Waals surface area contributed by atoms with E-state index < -0.39 is 0 Å². The average Bonchev–Trinajstić information content (AvgIpc) is 2.26. The Balaban J connectivity index is 2.04. The molecule has 0 aliphatic carbocycles. The molecule has 3 N–H and O–H groups in total. The first kappa shape index (κ1) is 11.5. The lowest BCUT2D eigenvalue weighted by Crippen LogP contribution is -3.18. The van der Waals surface area contributed by atoms with Crippen LogP contribution in [0.25, 0.3) is 0 Å². The second kappa shape index (κ2) is 4.88. The molecule has 0 saturated carbocycles. The first-order valence-electron chi connectivity index (χ1n) is 6.37. The van der Waals surface area contributed by atoms with E-state index in [0.29, 0.717) is 0 Å². The maximum Gasteiger partial charge on any atom is 0.103 e. The van der Waals surface area contributed by atoms with Crippen molar-refractivity contribution in [3.63, 3.8) is 0 Å². The molecular formula is C14H23N2+. The molecule has 2 atom stereocenters. The lowest BCUT2D eigenvalue weighted by Gasteiger charge is -2.35. The number of nitrogens with one attached hydrogen (secondary N) is 1. The Bertz CT molecular complexity index is 321. The van der Waals surface area contributed by atoms with Gasteiger partial charge in [0.25, 0.3) is 0 Å². The quantitative estimate of drug-likeness (QED) is 0.727. The summed E-state index contributed by atoms with van der Waals surface area (Å²) in [6.07, 6.45) is 4.14. The number of anilines is 1. The predicted octanol–water partition coefficient (Wildman–Crippen LogP) is 1.61. The highest BCUT2D eigenvalue weighted by Gasteiger charge is 2.28. The smallest absolute Gasteiger partial charge is 0.103 e. The summed E-state index contributed by atoms with van der Waals surface area (Å²) in [6.45, 7) is 5.90. The van der Waals surface area contributed by atoms with Gasteiger partial charge in [-0.1, -0.05) is 12.1 Å². The zero-order chi connectivity index (χ0) is 11.5. The molecule has 1 aromatic rings. The molecule has 0 aromatic heterocycles. The lowest BCUT2D eigenvalue weighted by atomic mass is 9.97. The van der Waals surface area contributed by atoms with Crippen molar-refractivity contribution in [1.82, 2.24) is 0 Å². The van der Waals surface area contributed by atoms with E-state index in [2.05, 4.69) is 26.0 Å². The van der Waals surface area contributed by atoms with Gasteiger partial charge in [-0.2, -0.15) is 0 Å². The summed E-state index contributed by atoms with van der Waals surface area (Å²) in [7, 11) is 0. The van der Waals surface area contributed by atoms with Crippen LogP contribution in [0.3, 0.4) is 0 Å². The number of likely N-dealkylation sites (tertiary alicyclic amines) is 1. The Morgan fingerprint density at radius 1 is 1.12 bits per heavy atom. The molecule has 2 nitrogen and oxygen atoms in total. The zero-order valence-electron chi connectivity index (χ0n) is 10.4. The molecule has 1 fully saturated rings. The molecule has 0 amide bonds. The van der Waals surface area contributed by atoms with Gasteiger partial charge in [0.15, 0.2) is 0 Å². The molecule has 0 radical (unpaired) electrons. The molecule has 88 valence electrons. The largest absolute Gasteiger partial charge is 0.399 e. The van der Waals surface area contributed by atoms with Crippen molar-refractivity contribution in [3.8, 4) is 0 Å². The summed E-state index contributed by atoms with van der Waals surface area (Å²) in [5.41, 5.74) is 7.97. The average molecular weight is 219 g/mol. The Kier molecular flexibility index (Phi) is 3.49. The first-order valence-corrected chi connectivity index (χ1v) is 6.37. The molecule has 2 heteroatoms. The van der Waals surface area contributed by atoms with Crippen molar-refractivity contribution in [2.75, 3.05) is 5.73 Å². The highest BCUT2D eigenvalue weighted by Crippen LogP contribution is 2.10. The molecule has 1 saturated heterocycles. The van der Waals surface area contributed by atoms with Gasteiger partial charge in [0.2, 0.25) is 0 Å².